The van der Waals surface area contributed by atoms with E-state index in [2.05, 4.69) is 29.1 Å². The molecule has 1 saturated carbocycles. The molecule has 1 aromatic rings. The highest BCUT2D eigenvalue weighted by atomic mass is 32.1. The monoisotopic (exact) mass is 239 g/mol. The maximum absolute atomic E-state index is 11.6. The molecule has 16 heavy (non-hydrogen) atoms. The number of esters is 1. The van der Waals surface area contributed by atoms with Crippen LogP contribution in [0, 0.1) is 5.92 Å². The lowest BCUT2D eigenvalue weighted by molar-refractivity contribution is -0.144. The molecule has 0 amide bonds. The van der Waals surface area contributed by atoms with Crippen LogP contribution in [0.5, 0.6) is 0 Å². The molecule has 0 radical (unpaired) electrons. The molecule has 0 aliphatic heterocycles. The van der Waals surface area contributed by atoms with E-state index in [4.69, 9.17) is 4.74 Å². The Labute approximate surface area is 99.8 Å². The zero-order chi connectivity index (χ0) is 11.5. The standard InChI is InChI=1S/C12H17NO2S/c1-8(10-5-6-16-7-10)13-11(9-3-4-9)12(14)15-2/h5-9,11,13H,3-4H2,1-2H3. The number of hydrogen-bond acceptors (Lipinski definition) is 4. The van der Waals surface area contributed by atoms with Crippen LogP contribution in [0.2, 0.25) is 0 Å². The summed E-state index contributed by atoms with van der Waals surface area (Å²) in [5.41, 5.74) is 1.24. The Kier molecular flexibility index (Phi) is 3.61. The molecule has 1 heterocycles. The van der Waals surface area contributed by atoms with Gasteiger partial charge in [0.1, 0.15) is 6.04 Å². The molecule has 0 saturated heterocycles. The molecule has 4 heteroatoms. The van der Waals surface area contributed by atoms with Crippen molar-refractivity contribution in [1.82, 2.24) is 5.32 Å². The lowest BCUT2D eigenvalue weighted by Crippen LogP contribution is -2.40. The fourth-order valence-corrected chi connectivity index (χ4v) is 2.59. The molecular weight excluding hydrogens is 222 g/mol. The lowest BCUT2D eigenvalue weighted by atomic mass is 10.1. The van der Waals surface area contributed by atoms with Crippen LogP contribution >= 0.6 is 11.3 Å². The second-order valence-corrected chi connectivity index (χ2v) is 5.06. The van der Waals surface area contributed by atoms with Crippen LogP contribution in [-0.2, 0) is 9.53 Å². The van der Waals surface area contributed by atoms with Crippen molar-refractivity contribution in [2.45, 2.75) is 31.8 Å². The van der Waals surface area contributed by atoms with Crippen molar-refractivity contribution < 1.29 is 9.53 Å². The highest BCUT2D eigenvalue weighted by Gasteiger charge is 2.37. The Morgan fingerprint density at radius 2 is 2.38 bits per heavy atom. The Bertz CT molecular complexity index is 346. The average molecular weight is 239 g/mol. The van der Waals surface area contributed by atoms with Crippen LogP contribution in [0.25, 0.3) is 0 Å². The Morgan fingerprint density at radius 3 is 2.88 bits per heavy atom. The molecule has 2 atom stereocenters. The van der Waals surface area contributed by atoms with Gasteiger partial charge in [0.05, 0.1) is 7.11 Å². The lowest BCUT2D eigenvalue weighted by Gasteiger charge is -2.20. The van der Waals surface area contributed by atoms with E-state index in [9.17, 15) is 4.79 Å². The maximum Gasteiger partial charge on any atom is 0.323 e. The number of hydrogen-bond donors (Lipinski definition) is 1. The first-order chi connectivity index (χ1) is 7.72. The van der Waals surface area contributed by atoms with Gasteiger partial charge in [-0.15, -0.1) is 0 Å². The summed E-state index contributed by atoms with van der Waals surface area (Å²) in [6.07, 6.45) is 2.26. The molecule has 0 aromatic carbocycles. The summed E-state index contributed by atoms with van der Waals surface area (Å²) in [5, 5.41) is 7.53. The molecule has 1 aromatic heterocycles. The third kappa shape index (κ3) is 2.62. The minimum atomic E-state index is -0.139. The van der Waals surface area contributed by atoms with E-state index in [0.29, 0.717) is 5.92 Å². The zero-order valence-corrected chi connectivity index (χ0v) is 10.4. The highest BCUT2D eigenvalue weighted by Crippen LogP contribution is 2.34. The molecule has 0 bridgehead atoms. The smallest absolute Gasteiger partial charge is 0.323 e. The summed E-state index contributed by atoms with van der Waals surface area (Å²) in [7, 11) is 1.45. The molecule has 0 spiro atoms. The Balaban J connectivity index is 1.97. The quantitative estimate of drug-likeness (QED) is 0.802. The fraction of sp³-hybridized carbons (Fsp3) is 0.583. The number of nitrogens with one attached hydrogen (secondary N) is 1. The third-order valence-corrected chi connectivity index (χ3v) is 3.72. The molecular formula is C12H17NO2S. The van der Waals surface area contributed by atoms with Crippen molar-refractivity contribution in [3.05, 3.63) is 22.4 Å². The first-order valence-electron chi connectivity index (χ1n) is 5.58. The number of carbonyl (C=O) groups is 1. The van der Waals surface area contributed by atoms with Crippen molar-refractivity contribution in [3.63, 3.8) is 0 Å². The van der Waals surface area contributed by atoms with Gasteiger partial charge in [0.25, 0.3) is 0 Å². The van der Waals surface area contributed by atoms with E-state index < -0.39 is 0 Å². The van der Waals surface area contributed by atoms with Gasteiger partial charge in [-0.25, -0.2) is 0 Å². The number of ether oxygens (including phenoxy) is 1. The molecule has 88 valence electrons. The van der Waals surface area contributed by atoms with Crippen molar-refractivity contribution in [1.29, 1.82) is 0 Å². The number of thiophene rings is 1. The highest BCUT2D eigenvalue weighted by molar-refractivity contribution is 7.07. The summed E-state index contributed by atoms with van der Waals surface area (Å²) in [5.74, 6) is 0.332. The van der Waals surface area contributed by atoms with E-state index in [1.807, 2.05) is 0 Å². The summed E-state index contributed by atoms with van der Waals surface area (Å²) in [6, 6.07) is 2.15. The largest absolute Gasteiger partial charge is 0.468 e. The second kappa shape index (κ2) is 4.97. The minimum absolute atomic E-state index is 0.135. The predicted octanol–water partition coefficient (Wildman–Crippen LogP) is 2.35. The molecule has 3 nitrogen and oxygen atoms in total. The Morgan fingerprint density at radius 1 is 1.62 bits per heavy atom. The Hall–Kier alpha value is -0.870. The average Bonchev–Trinajstić information content (AvgIpc) is 2.98. The SMILES string of the molecule is COC(=O)C(NC(C)c1ccsc1)C1CC1. The molecule has 1 fully saturated rings. The maximum atomic E-state index is 11.6. The normalized spacial score (nSPS) is 19.1. The van der Waals surface area contributed by atoms with Gasteiger partial charge in [-0.2, -0.15) is 11.3 Å². The van der Waals surface area contributed by atoms with Crippen molar-refractivity contribution in [2.24, 2.45) is 5.92 Å². The van der Waals surface area contributed by atoms with Crippen LogP contribution in [0.1, 0.15) is 31.4 Å². The van der Waals surface area contributed by atoms with Gasteiger partial charge in [0.15, 0.2) is 0 Å². The third-order valence-electron chi connectivity index (χ3n) is 3.02. The minimum Gasteiger partial charge on any atom is -0.468 e. The van der Waals surface area contributed by atoms with E-state index in [1.165, 1.54) is 12.7 Å². The number of carbonyl (C=O) groups excluding carboxylic acids is 1. The van der Waals surface area contributed by atoms with Gasteiger partial charge < -0.3 is 4.74 Å². The van der Waals surface area contributed by atoms with Crippen LogP contribution in [0.15, 0.2) is 16.8 Å². The van der Waals surface area contributed by atoms with E-state index in [0.717, 1.165) is 12.8 Å². The van der Waals surface area contributed by atoms with Gasteiger partial charge in [-0.1, -0.05) is 0 Å². The van der Waals surface area contributed by atoms with Crippen LogP contribution in [-0.4, -0.2) is 19.1 Å². The van der Waals surface area contributed by atoms with E-state index in [1.54, 1.807) is 11.3 Å². The molecule has 2 unspecified atom stereocenters. The van der Waals surface area contributed by atoms with Gasteiger partial charge in [-0.3, -0.25) is 10.1 Å². The van der Waals surface area contributed by atoms with Gasteiger partial charge >= 0.3 is 5.97 Å². The summed E-state index contributed by atoms with van der Waals surface area (Å²) < 4.78 is 4.83. The van der Waals surface area contributed by atoms with Gasteiger partial charge in [0.2, 0.25) is 0 Å². The fourth-order valence-electron chi connectivity index (χ4n) is 1.84. The molecule has 1 N–H and O–H groups in total. The second-order valence-electron chi connectivity index (χ2n) is 4.28. The first-order valence-corrected chi connectivity index (χ1v) is 6.52. The van der Waals surface area contributed by atoms with E-state index >= 15 is 0 Å². The van der Waals surface area contributed by atoms with Crippen LogP contribution in [0.3, 0.4) is 0 Å². The van der Waals surface area contributed by atoms with Crippen molar-refractivity contribution in [3.8, 4) is 0 Å². The van der Waals surface area contributed by atoms with Crippen molar-refractivity contribution >= 4 is 17.3 Å². The number of rotatable bonds is 5. The summed E-state index contributed by atoms with van der Waals surface area (Å²) in [6.45, 7) is 2.08. The topological polar surface area (TPSA) is 38.3 Å². The first kappa shape index (κ1) is 11.6. The van der Waals surface area contributed by atoms with E-state index in [-0.39, 0.29) is 18.1 Å². The number of methoxy groups -OCH3 is 1. The zero-order valence-electron chi connectivity index (χ0n) is 9.60. The predicted molar refractivity (Wildman–Crippen MR) is 64.4 cm³/mol. The summed E-state index contributed by atoms with van der Waals surface area (Å²) in [4.78, 5) is 11.6. The molecule has 2 rings (SSSR count). The van der Waals surface area contributed by atoms with Crippen LogP contribution < -0.4 is 5.32 Å². The molecule has 1 aliphatic rings. The molecule has 1 aliphatic carbocycles. The summed E-state index contributed by atoms with van der Waals surface area (Å²) >= 11 is 1.68. The van der Waals surface area contributed by atoms with Gasteiger partial charge in [0, 0.05) is 6.04 Å². The van der Waals surface area contributed by atoms with Gasteiger partial charge in [-0.05, 0) is 48.1 Å². The van der Waals surface area contributed by atoms with Crippen LogP contribution in [0.4, 0.5) is 0 Å². The van der Waals surface area contributed by atoms with Crippen molar-refractivity contribution in [2.75, 3.05) is 7.11 Å².